The predicted octanol–water partition coefficient (Wildman–Crippen LogP) is 8.20. The molecule has 39 heavy (non-hydrogen) atoms. The summed E-state index contributed by atoms with van der Waals surface area (Å²) in [7, 11) is 0. The van der Waals surface area contributed by atoms with E-state index >= 15 is 0 Å². The molecule has 0 radical (unpaired) electrons. The average Bonchev–Trinajstić information content (AvgIpc) is 3.30. The van der Waals surface area contributed by atoms with Crippen molar-refractivity contribution in [2.75, 3.05) is 10.7 Å². The number of hydrogen-bond acceptors (Lipinski definition) is 6. The molecule has 0 spiro atoms. The molecule has 4 aromatic rings. The molecule has 5 rings (SSSR count). The Morgan fingerprint density at radius 2 is 1.31 bits per heavy atom. The third-order valence-electron chi connectivity index (χ3n) is 5.39. The molecule has 0 atom stereocenters. The largest absolute Gasteiger partial charge is 0.271 e. The quantitative estimate of drug-likeness (QED) is 0.139. The van der Waals surface area contributed by atoms with Crippen LogP contribution in [-0.2, 0) is 0 Å². The van der Waals surface area contributed by atoms with Crippen molar-refractivity contribution in [1.82, 2.24) is 0 Å². The molecule has 0 unspecified atom stereocenters. The minimum Gasteiger partial charge on any atom is -0.271 e. The zero-order chi connectivity index (χ0) is 26.7. The number of thioether (sulfide) groups is 2. The van der Waals surface area contributed by atoms with Crippen molar-refractivity contribution in [1.29, 1.82) is 0 Å². The highest BCUT2D eigenvalue weighted by Crippen LogP contribution is 2.33. The molecule has 8 heteroatoms. The summed E-state index contributed by atoms with van der Waals surface area (Å²) < 4.78 is 0. The monoisotopic (exact) mass is 546 g/mol. The van der Waals surface area contributed by atoms with Gasteiger partial charge in [0.05, 0.1) is 17.6 Å². The lowest BCUT2D eigenvalue weighted by Gasteiger charge is -2.18. The predicted molar refractivity (Wildman–Crippen MR) is 171 cm³/mol. The molecule has 1 saturated heterocycles. The highest BCUT2D eigenvalue weighted by atomic mass is 32.2. The fourth-order valence-electron chi connectivity index (χ4n) is 3.64. The molecule has 1 heterocycles. The maximum absolute atomic E-state index is 5.03. The van der Waals surface area contributed by atoms with Crippen molar-refractivity contribution < 1.29 is 0 Å². The van der Waals surface area contributed by atoms with E-state index in [-0.39, 0.29) is 0 Å². The highest BCUT2D eigenvalue weighted by Gasteiger charge is 2.35. The molecule has 4 aromatic carbocycles. The molecule has 1 aliphatic heterocycles. The SMILES string of the molecule is CCSC(=NN=Cc1ccccc1)N=C1SC(=Nc2ccccc2)C(=Nc2ccccc2)N1c1ccccc1. The lowest BCUT2D eigenvalue weighted by Crippen LogP contribution is -2.31. The first-order valence-corrected chi connectivity index (χ1v) is 14.3. The summed E-state index contributed by atoms with van der Waals surface area (Å²) in [6.07, 6.45) is 1.73. The summed E-state index contributed by atoms with van der Waals surface area (Å²) in [4.78, 5) is 17.0. The molecule has 6 nitrogen and oxygen atoms in total. The van der Waals surface area contributed by atoms with Crippen LogP contribution in [0.25, 0.3) is 0 Å². The van der Waals surface area contributed by atoms with E-state index in [9.17, 15) is 0 Å². The Kier molecular flexibility index (Phi) is 9.12. The van der Waals surface area contributed by atoms with Gasteiger partial charge in [-0.15, -0.1) is 5.10 Å². The van der Waals surface area contributed by atoms with Crippen molar-refractivity contribution >= 4 is 68.0 Å². The molecule has 0 bridgehead atoms. The average molecular weight is 547 g/mol. The van der Waals surface area contributed by atoms with Gasteiger partial charge in [-0.3, -0.25) is 4.90 Å². The van der Waals surface area contributed by atoms with Gasteiger partial charge in [0, 0.05) is 5.69 Å². The second kappa shape index (κ2) is 13.5. The van der Waals surface area contributed by atoms with Crippen molar-refractivity contribution in [3.05, 3.63) is 127 Å². The fraction of sp³-hybridized carbons (Fsp3) is 0.0645. The van der Waals surface area contributed by atoms with E-state index in [0.29, 0.717) is 16.2 Å². The number of nitrogens with zero attached hydrogens (tertiary/aromatic N) is 6. The van der Waals surface area contributed by atoms with Crippen molar-refractivity contribution in [2.45, 2.75) is 6.92 Å². The first-order valence-electron chi connectivity index (χ1n) is 12.5. The summed E-state index contributed by atoms with van der Waals surface area (Å²) in [6, 6.07) is 39.8. The molecule has 0 aliphatic carbocycles. The van der Waals surface area contributed by atoms with Crippen LogP contribution in [0.2, 0.25) is 0 Å². The van der Waals surface area contributed by atoms with E-state index in [2.05, 4.69) is 17.1 Å². The van der Waals surface area contributed by atoms with Gasteiger partial charge in [-0.25, -0.2) is 9.98 Å². The molecule has 0 amide bonds. The maximum atomic E-state index is 5.03. The first-order chi connectivity index (χ1) is 19.3. The molecule has 0 aromatic heterocycles. The van der Waals surface area contributed by atoms with E-state index in [1.807, 2.05) is 126 Å². The molecule has 0 N–H and O–H groups in total. The lowest BCUT2D eigenvalue weighted by molar-refractivity contribution is 1.25. The van der Waals surface area contributed by atoms with Gasteiger partial charge in [0.25, 0.3) is 0 Å². The van der Waals surface area contributed by atoms with Crippen LogP contribution in [0.5, 0.6) is 0 Å². The van der Waals surface area contributed by atoms with Gasteiger partial charge in [-0.2, -0.15) is 10.1 Å². The summed E-state index contributed by atoms with van der Waals surface area (Å²) in [5, 5.41) is 10.8. The minimum absolute atomic E-state index is 0.563. The fourth-order valence-corrected chi connectivity index (χ4v) is 5.18. The third kappa shape index (κ3) is 7.19. The highest BCUT2D eigenvalue weighted by molar-refractivity contribution is 8.29. The standard InChI is InChI=1S/C31H26N6S2/c1-2-38-30(36-32-23-24-15-7-3-8-16-24)35-31-37(27-21-13-6-14-22-27)28(33-25-17-9-4-10-18-25)29(39-31)34-26-19-11-5-12-20-26/h3-23H,2H2,1H3. The van der Waals surface area contributed by atoms with Crippen LogP contribution in [0.4, 0.5) is 17.1 Å². The molecular weight excluding hydrogens is 521 g/mol. The Bertz CT molecular complexity index is 1520. The first kappa shape index (κ1) is 26.3. The Hall–Kier alpha value is -4.27. The number of para-hydroxylation sites is 3. The van der Waals surface area contributed by atoms with Crippen molar-refractivity contribution in [3.63, 3.8) is 0 Å². The van der Waals surface area contributed by atoms with Crippen molar-refractivity contribution in [3.8, 4) is 0 Å². The zero-order valence-electron chi connectivity index (χ0n) is 21.3. The second-order valence-corrected chi connectivity index (χ2v) is 10.3. The van der Waals surface area contributed by atoms with Gasteiger partial charge < -0.3 is 0 Å². The van der Waals surface area contributed by atoms with Crippen LogP contribution >= 0.6 is 23.5 Å². The van der Waals surface area contributed by atoms with E-state index in [1.165, 1.54) is 23.5 Å². The molecular formula is C31H26N6S2. The normalized spacial score (nSPS) is 17.1. The summed E-state index contributed by atoms with van der Waals surface area (Å²) in [5.74, 6) is 1.51. The second-order valence-electron chi connectivity index (χ2n) is 8.16. The Morgan fingerprint density at radius 1 is 0.744 bits per heavy atom. The smallest absolute Gasteiger partial charge is 0.211 e. The Morgan fingerprint density at radius 3 is 1.92 bits per heavy atom. The Balaban J connectivity index is 1.61. The van der Waals surface area contributed by atoms with E-state index in [1.54, 1.807) is 6.21 Å². The van der Waals surface area contributed by atoms with Crippen LogP contribution in [0, 0.1) is 0 Å². The van der Waals surface area contributed by atoms with Gasteiger partial charge >= 0.3 is 0 Å². The molecule has 1 fully saturated rings. The van der Waals surface area contributed by atoms with Crippen molar-refractivity contribution in [2.24, 2.45) is 25.2 Å². The number of amidine groups is 3. The Labute approximate surface area is 237 Å². The van der Waals surface area contributed by atoms with Crippen LogP contribution < -0.4 is 4.90 Å². The summed E-state index contributed by atoms with van der Waals surface area (Å²) >= 11 is 3.00. The maximum Gasteiger partial charge on any atom is 0.211 e. The van der Waals surface area contributed by atoms with Crippen LogP contribution in [-0.4, -0.2) is 33.2 Å². The van der Waals surface area contributed by atoms with Gasteiger partial charge in [0.2, 0.25) is 5.17 Å². The van der Waals surface area contributed by atoms with Crippen LogP contribution in [0.3, 0.4) is 0 Å². The molecule has 192 valence electrons. The van der Waals surface area contributed by atoms with E-state index in [0.717, 1.165) is 33.4 Å². The lowest BCUT2D eigenvalue weighted by atomic mass is 10.2. The zero-order valence-corrected chi connectivity index (χ0v) is 23.0. The summed E-state index contributed by atoms with van der Waals surface area (Å²) in [6.45, 7) is 2.07. The summed E-state index contributed by atoms with van der Waals surface area (Å²) in [5.41, 5.74) is 3.59. The molecule has 0 saturated carbocycles. The topological polar surface area (TPSA) is 65.0 Å². The third-order valence-corrected chi connectivity index (χ3v) is 7.03. The van der Waals surface area contributed by atoms with Gasteiger partial charge in [-0.1, -0.05) is 104 Å². The van der Waals surface area contributed by atoms with Gasteiger partial charge in [0.15, 0.2) is 11.0 Å². The number of anilines is 1. The van der Waals surface area contributed by atoms with Gasteiger partial charge in [-0.05, 0) is 59.5 Å². The number of aliphatic imine (C=N–C) groups is 3. The number of rotatable bonds is 6. The van der Waals surface area contributed by atoms with E-state index < -0.39 is 0 Å². The van der Waals surface area contributed by atoms with E-state index in [4.69, 9.17) is 15.0 Å². The van der Waals surface area contributed by atoms with Crippen LogP contribution in [0.1, 0.15) is 12.5 Å². The minimum atomic E-state index is 0.563. The van der Waals surface area contributed by atoms with Crippen LogP contribution in [0.15, 0.2) is 147 Å². The number of hydrogen-bond donors (Lipinski definition) is 0. The van der Waals surface area contributed by atoms with Gasteiger partial charge in [0.1, 0.15) is 5.04 Å². The number of benzene rings is 4. The molecule has 1 aliphatic rings.